The number of carbonyl (C=O) groups excluding carboxylic acids is 1. The van der Waals surface area contributed by atoms with Gasteiger partial charge in [0, 0.05) is 31.0 Å². The molecule has 0 atom stereocenters. The SMILES string of the molecule is CNS(=O)(=O)Cc1ccccc1CNC(=O)c1cccc(NCc2nnc(-c3ccncn3)n2C)c1. The Kier molecular flexibility index (Phi) is 7.66. The zero-order valence-corrected chi connectivity index (χ0v) is 20.7. The number of amides is 1. The molecule has 4 aromatic rings. The number of aromatic nitrogens is 5. The standard InChI is InChI=1S/C24H26N8O3S/c1-25-36(34,35)15-19-7-4-3-6-18(19)13-28-24(33)17-8-5-9-20(12-17)27-14-22-30-31-23(32(22)2)21-10-11-26-16-29-21/h3-12,16,25,27H,13-15H2,1-2H3,(H,28,33). The first kappa shape index (κ1) is 24.9. The maximum Gasteiger partial charge on any atom is 0.251 e. The van der Waals surface area contributed by atoms with Crippen molar-refractivity contribution in [3.63, 3.8) is 0 Å². The minimum Gasteiger partial charge on any atom is -0.378 e. The van der Waals surface area contributed by atoms with Crippen molar-refractivity contribution >= 4 is 21.6 Å². The quantitative estimate of drug-likeness (QED) is 0.296. The molecule has 0 saturated carbocycles. The molecule has 12 heteroatoms. The van der Waals surface area contributed by atoms with Crippen molar-refractivity contribution in [2.45, 2.75) is 18.8 Å². The molecule has 11 nitrogen and oxygen atoms in total. The number of anilines is 1. The summed E-state index contributed by atoms with van der Waals surface area (Å²) in [6, 6.07) is 16.0. The monoisotopic (exact) mass is 506 g/mol. The number of nitrogens with zero attached hydrogens (tertiary/aromatic N) is 5. The fourth-order valence-corrected chi connectivity index (χ4v) is 4.37. The highest BCUT2D eigenvalue weighted by molar-refractivity contribution is 7.88. The molecule has 0 bridgehead atoms. The summed E-state index contributed by atoms with van der Waals surface area (Å²) in [6.07, 6.45) is 3.11. The normalized spacial score (nSPS) is 11.3. The van der Waals surface area contributed by atoms with Crippen LogP contribution < -0.4 is 15.4 Å². The summed E-state index contributed by atoms with van der Waals surface area (Å²) in [5.74, 6) is 0.905. The minimum atomic E-state index is -3.43. The predicted octanol–water partition coefficient (Wildman–Crippen LogP) is 1.86. The molecule has 2 aromatic heterocycles. The first-order valence-electron chi connectivity index (χ1n) is 11.1. The summed E-state index contributed by atoms with van der Waals surface area (Å²) in [7, 11) is -0.190. The highest BCUT2D eigenvalue weighted by Gasteiger charge is 2.14. The average Bonchev–Trinajstić information content (AvgIpc) is 3.27. The maximum absolute atomic E-state index is 12.8. The van der Waals surface area contributed by atoms with Gasteiger partial charge in [0.1, 0.15) is 12.0 Å². The lowest BCUT2D eigenvalue weighted by molar-refractivity contribution is 0.0951. The van der Waals surface area contributed by atoms with Gasteiger partial charge in [-0.3, -0.25) is 4.79 Å². The lowest BCUT2D eigenvalue weighted by Gasteiger charge is -2.12. The Morgan fingerprint density at radius 1 is 1.00 bits per heavy atom. The molecular weight excluding hydrogens is 480 g/mol. The van der Waals surface area contributed by atoms with Crippen molar-refractivity contribution in [3.05, 3.63) is 89.6 Å². The summed E-state index contributed by atoms with van der Waals surface area (Å²) in [6.45, 7) is 0.601. The largest absolute Gasteiger partial charge is 0.378 e. The molecule has 3 N–H and O–H groups in total. The number of carbonyl (C=O) groups is 1. The van der Waals surface area contributed by atoms with Crippen LogP contribution in [0, 0.1) is 0 Å². The van der Waals surface area contributed by atoms with Gasteiger partial charge < -0.3 is 15.2 Å². The van der Waals surface area contributed by atoms with Gasteiger partial charge in [0.25, 0.3) is 5.91 Å². The Bertz CT molecular complexity index is 1460. The molecule has 4 rings (SSSR count). The molecule has 0 aliphatic carbocycles. The van der Waals surface area contributed by atoms with Gasteiger partial charge in [0.05, 0.1) is 12.3 Å². The third-order valence-corrected chi connectivity index (χ3v) is 6.88. The fraction of sp³-hybridized carbons (Fsp3) is 0.208. The summed E-state index contributed by atoms with van der Waals surface area (Å²) in [4.78, 5) is 20.9. The molecule has 0 aliphatic heterocycles. The number of benzene rings is 2. The van der Waals surface area contributed by atoms with Crippen molar-refractivity contribution in [2.24, 2.45) is 7.05 Å². The molecule has 0 aliphatic rings. The Morgan fingerprint density at radius 2 is 1.81 bits per heavy atom. The van der Waals surface area contributed by atoms with Crippen LogP contribution >= 0.6 is 0 Å². The summed E-state index contributed by atoms with van der Waals surface area (Å²) in [5.41, 5.74) is 3.26. The zero-order chi connectivity index (χ0) is 25.5. The van der Waals surface area contributed by atoms with E-state index in [-0.39, 0.29) is 18.2 Å². The molecule has 2 heterocycles. The van der Waals surface area contributed by atoms with E-state index in [1.807, 2.05) is 23.7 Å². The van der Waals surface area contributed by atoms with Gasteiger partial charge in [-0.05, 0) is 42.4 Å². The van der Waals surface area contributed by atoms with E-state index in [1.165, 1.54) is 13.4 Å². The maximum atomic E-state index is 12.8. The molecular formula is C24H26N8O3S. The number of nitrogens with one attached hydrogen (secondary N) is 3. The van der Waals surface area contributed by atoms with E-state index >= 15 is 0 Å². The lowest BCUT2D eigenvalue weighted by Crippen LogP contribution is -2.25. The third kappa shape index (κ3) is 6.09. The van der Waals surface area contributed by atoms with Gasteiger partial charge in [-0.1, -0.05) is 30.3 Å². The average molecular weight is 507 g/mol. The van der Waals surface area contributed by atoms with E-state index in [4.69, 9.17) is 0 Å². The van der Waals surface area contributed by atoms with Crippen LogP contribution in [-0.2, 0) is 35.9 Å². The van der Waals surface area contributed by atoms with Gasteiger partial charge in [0.15, 0.2) is 11.6 Å². The van der Waals surface area contributed by atoms with Gasteiger partial charge in [-0.25, -0.2) is 23.1 Å². The first-order valence-corrected chi connectivity index (χ1v) is 12.8. The topological polar surface area (TPSA) is 144 Å². The Hall–Kier alpha value is -4.16. The van der Waals surface area contributed by atoms with Crippen molar-refractivity contribution in [1.82, 2.24) is 34.8 Å². The van der Waals surface area contributed by atoms with Gasteiger partial charge in [0.2, 0.25) is 10.0 Å². The van der Waals surface area contributed by atoms with Crippen LogP contribution in [0.5, 0.6) is 0 Å². The predicted molar refractivity (Wildman–Crippen MR) is 135 cm³/mol. The molecule has 186 valence electrons. The van der Waals surface area contributed by atoms with Gasteiger partial charge >= 0.3 is 0 Å². The van der Waals surface area contributed by atoms with Crippen LogP contribution in [0.3, 0.4) is 0 Å². The molecule has 0 fully saturated rings. The molecule has 0 radical (unpaired) electrons. The van der Waals surface area contributed by atoms with Crippen LogP contribution in [0.25, 0.3) is 11.5 Å². The molecule has 0 saturated heterocycles. The smallest absolute Gasteiger partial charge is 0.251 e. The molecule has 1 amide bonds. The van der Waals surface area contributed by atoms with Gasteiger partial charge in [-0.2, -0.15) is 0 Å². The van der Waals surface area contributed by atoms with E-state index in [0.29, 0.717) is 35.0 Å². The third-order valence-electron chi connectivity index (χ3n) is 5.57. The van der Waals surface area contributed by atoms with Crippen LogP contribution in [0.4, 0.5) is 5.69 Å². The minimum absolute atomic E-state index is 0.157. The van der Waals surface area contributed by atoms with E-state index in [1.54, 1.807) is 48.7 Å². The van der Waals surface area contributed by atoms with E-state index < -0.39 is 10.0 Å². The number of hydrogen-bond acceptors (Lipinski definition) is 8. The zero-order valence-electron chi connectivity index (χ0n) is 19.8. The highest BCUT2D eigenvalue weighted by atomic mass is 32.2. The summed E-state index contributed by atoms with van der Waals surface area (Å²) in [5, 5.41) is 14.6. The Balaban J connectivity index is 1.39. The molecule has 0 spiro atoms. The van der Waals surface area contributed by atoms with Crippen molar-refractivity contribution < 1.29 is 13.2 Å². The second kappa shape index (κ2) is 11.1. The second-order valence-electron chi connectivity index (χ2n) is 7.94. The Morgan fingerprint density at radius 3 is 2.56 bits per heavy atom. The summed E-state index contributed by atoms with van der Waals surface area (Å²) >= 11 is 0. The highest BCUT2D eigenvalue weighted by Crippen LogP contribution is 2.16. The van der Waals surface area contributed by atoms with Gasteiger partial charge in [-0.15, -0.1) is 10.2 Å². The molecule has 2 aromatic carbocycles. The lowest BCUT2D eigenvalue weighted by atomic mass is 10.1. The fourth-order valence-electron chi connectivity index (χ4n) is 3.54. The Labute approximate surface area is 209 Å². The van der Waals surface area contributed by atoms with Crippen LogP contribution in [0.2, 0.25) is 0 Å². The van der Waals surface area contributed by atoms with Crippen molar-refractivity contribution in [3.8, 4) is 11.5 Å². The summed E-state index contributed by atoms with van der Waals surface area (Å²) < 4.78 is 28.1. The second-order valence-corrected chi connectivity index (χ2v) is 9.87. The number of hydrogen-bond donors (Lipinski definition) is 3. The van der Waals surface area contributed by atoms with E-state index in [9.17, 15) is 13.2 Å². The first-order chi connectivity index (χ1) is 17.4. The van der Waals surface area contributed by atoms with Crippen LogP contribution in [0.1, 0.15) is 27.3 Å². The number of rotatable bonds is 10. The molecule has 36 heavy (non-hydrogen) atoms. The van der Waals surface area contributed by atoms with Crippen LogP contribution in [-0.4, -0.2) is 46.1 Å². The van der Waals surface area contributed by atoms with E-state index in [0.717, 1.165) is 11.3 Å². The number of sulfonamides is 1. The van der Waals surface area contributed by atoms with Crippen molar-refractivity contribution in [2.75, 3.05) is 12.4 Å². The van der Waals surface area contributed by atoms with E-state index in [2.05, 4.69) is 35.5 Å². The van der Waals surface area contributed by atoms with Crippen molar-refractivity contribution in [1.29, 1.82) is 0 Å². The molecule has 0 unspecified atom stereocenters. The van der Waals surface area contributed by atoms with Crippen LogP contribution in [0.15, 0.2) is 67.1 Å².